The number of nitrogens with zero attached hydrogens (tertiary/aromatic N) is 1. The van der Waals surface area contributed by atoms with E-state index >= 15 is 0 Å². The van der Waals surface area contributed by atoms with Crippen LogP contribution in [0.5, 0.6) is 0 Å². The number of carboxylic acid groups (broad SMARTS) is 1. The number of carbonyl (C=O) groups excluding carboxylic acids is 1. The van der Waals surface area contributed by atoms with Gasteiger partial charge in [0.15, 0.2) is 6.23 Å². The Balaban J connectivity index is 0.00000361. The van der Waals surface area contributed by atoms with Crippen LogP contribution >= 0.6 is 12.4 Å². The second-order valence-electron chi connectivity index (χ2n) is 7.87. The van der Waals surface area contributed by atoms with Crippen LogP contribution in [0.4, 0.5) is 18.0 Å². The van der Waals surface area contributed by atoms with Crippen LogP contribution in [0.2, 0.25) is 0 Å². The van der Waals surface area contributed by atoms with Crippen molar-refractivity contribution in [2.75, 3.05) is 0 Å². The lowest BCUT2D eigenvalue weighted by Gasteiger charge is -2.20. The highest BCUT2D eigenvalue weighted by atomic mass is 35.5. The van der Waals surface area contributed by atoms with Crippen LogP contribution in [0.1, 0.15) is 28.5 Å². The summed E-state index contributed by atoms with van der Waals surface area (Å²) in [5.74, 6) is -1.04. The minimum absolute atomic E-state index is 0. The predicted octanol–water partition coefficient (Wildman–Crippen LogP) is 6.18. The first-order valence-corrected chi connectivity index (χ1v) is 10.7. The molecule has 1 unspecified atom stereocenters. The zero-order valence-corrected chi connectivity index (χ0v) is 19.6. The van der Waals surface area contributed by atoms with E-state index in [0.29, 0.717) is 27.6 Å². The smallest absolute Gasteiger partial charge is 0.420 e. The van der Waals surface area contributed by atoms with Gasteiger partial charge in [0.05, 0.1) is 17.5 Å². The number of rotatable bonds is 7. The molecule has 2 N–H and O–H groups in total. The molecule has 6 nitrogen and oxygen atoms in total. The highest BCUT2D eigenvalue weighted by Gasteiger charge is 2.30. The van der Waals surface area contributed by atoms with Gasteiger partial charge in [-0.1, -0.05) is 66.7 Å². The van der Waals surface area contributed by atoms with Gasteiger partial charge >= 0.3 is 18.2 Å². The van der Waals surface area contributed by atoms with Gasteiger partial charge in [0, 0.05) is 23.7 Å². The molecule has 10 heteroatoms. The highest BCUT2D eigenvalue weighted by molar-refractivity contribution is 5.93. The highest BCUT2D eigenvalue weighted by Crippen LogP contribution is 2.30. The SMILES string of the molecule is Cl.O=C(O)Cc1cn(C(=O)OC(NCc2cccc(C(F)(F)F)c2)c2ccccc2)c2ccccc12. The van der Waals surface area contributed by atoms with E-state index in [1.165, 1.54) is 16.8 Å². The molecule has 0 aliphatic carbocycles. The number of nitrogens with one attached hydrogen (secondary N) is 1. The third kappa shape index (κ3) is 6.24. The maximum absolute atomic E-state index is 13.1. The van der Waals surface area contributed by atoms with Crippen LogP contribution in [0.15, 0.2) is 85.1 Å². The topological polar surface area (TPSA) is 80.6 Å². The van der Waals surface area contributed by atoms with Gasteiger partial charge in [-0.15, -0.1) is 12.4 Å². The molecule has 0 bridgehead atoms. The molecule has 188 valence electrons. The van der Waals surface area contributed by atoms with Crippen molar-refractivity contribution in [3.05, 3.63) is 107 Å². The summed E-state index contributed by atoms with van der Waals surface area (Å²) in [7, 11) is 0. The molecule has 36 heavy (non-hydrogen) atoms. The summed E-state index contributed by atoms with van der Waals surface area (Å²) in [4.78, 5) is 24.4. The van der Waals surface area contributed by atoms with Gasteiger partial charge in [0.1, 0.15) is 0 Å². The summed E-state index contributed by atoms with van der Waals surface area (Å²) < 4.78 is 46.2. The number of para-hydroxylation sites is 1. The van der Waals surface area contributed by atoms with Crippen molar-refractivity contribution in [2.45, 2.75) is 25.4 Å². The van der Waals surface area contributed by atoms with Crippen LogP contribution in [-0.2, 0) is 28.7 Å². The van der Waals surface area contributed by atoms with Gasteiger partial charge in [0.25, 0.3) is 0 Å². The monoisotopic (exact) mass is 518 g/mol. The lowest BCUT2D eigenvalue weighted by atomic mass is 10.1. The fourth-order valence-corrected chi connectivity index (χ4v) is 3.79. The van der Waals surface area contributed by atoms with Gasteiger partial charge in [-0.2, -0.15) is 13.2 Å². The summed E-state index contributed by atoms with van der Waals surface area (Å²) >= 11 is 0. The lowest BCUT2D eigenvalue weighted by Crippen LogP contribution is -2.28. The number of fused-ring (bicyclic) bond motifs is 1. The Bertz CT molecular complexity index is 1360. The second kappa shape index (κ2) is 11.3. The molecule has 0 saturated heterocycles. The van der Waals surface area contributed by atoms with E-state index in [2.05, 4.69) is 5.32 Å². The minimum atomic E-state index is -4.47. The Morgan fingerprint density at radius 3 is 2.36 bits per heavy atom. The number of carboxylic acids is 1. The summed E-state index contributed by atoms with van der Waals surface area (Å²) in [6.07, 6.45) is -5.04. The Labute approximate surface area is 210 Å². The van der Waals surface area contributed by atoms with Crippen LogP contribution < -0.4 is 5.32 Å². The summed E-state index contributed by atoms with van der Waals surface area (Å²) in [6.45, 7) is 0.00739. The van der Waals surface area contributed by atoms with Gasteiger partial charge in [0.2, 0.25) is 0 Å². The maximum atomic E-state index is 13.1. The van der Waals surface area contributed by atoms with Gasteiger partial charge in [-0.3, -0.25) is 14.7 Å². The van der Waals surface area contributed by atoms with Crippen molar-refractivity contribution >= 4 is 35.4 Å². The van der Waals surface area contributed by atoms with Crippen molar-refractivity contribution in [3.63, 3.8) is 0 Å². The fourth-order valence-electron chi connectivity index (χ4n) is 3.79. The van der Waals surface area contributed by atoms with Gasteiger partial charge < -0.3 is 9.84 Å². The number of aromatic nitrogens is 1. The number of hydrogen-bond acceptors (Lipinski definition) is 4. The number of benzene rings is 3. The quantitative estimate of drug-likeness (QED) is 0.285. The van der Waals surface area contributed by atoms with Crippen molar-refractivity contribution in [1.82, 2.24) is 9.88 Å². The zero-order valence-electron chi connectivity index (χ0n) is 18.7. The van der Waals surface area contributed by atoms with Gasteiger partial charge in [-0.05, 0) is 23.3 Å². The molecule has 0 saturated carbocycles. The van der Waals surface area contributed by atoms with Crippen LogP contribution in [0.25, 0.3) is 10.9 Å². The summed E-state index contributed by atoms with van der Waals surface area (Å²) in [6, 6.07) is 20.5. The minimum Gasteiger partial charge on any atom is -0.481 e. The number of ether oxygens (including phenoxy) is 1. The van der Waals surface area contributed by atoms with Crippen molar-refractivity contribution in [1.29, 1.82) is 0 Å². The van der Waals surface area contributed by atoms with Crippen molar-refractivity contribution in [3.8, 4) is 0 Å². The van der Waals surface area contributed by atoms with E-state index < -0.39 is 30.0 Å². The Hall–Kier alpha value is -3.82. The van der Waals surface area contributed by atoms with E-state index in [0.717, 1.165) is 12.1 Å². The first kappa shape index (κ1) is 26.8. The van der Waals surface area contributed by atoms with E-state index in [9.17, 15) is 27.9 Å². The molecular weight excluding hydrogens is 497 g/mol. The third-order valence-corrected chi connectivity index (χ3v) is 5.40. The molecule has 0 aliphatic rings. The lowest BCUT2D eigenvalue weighted by molar-refractivity contribution is -0.138. The molecular formula is C26H22ClF3N2O4. The first-order valence-electron chi connectivity index (χ1n) is 10.7. The molecule has 3 aromatic carbocycles. The summed E-state index contributed by atoms with van der Waals surface area (Å²) in [5, 5.41) is 12.8. The molecule has 4 rings (SSSR count). The average Bonchev–Trinajstić information content (AvgIpc) is 3.20. The number of halogens is 4. The number of carbonyl (C=O) groups is 2. The molecule has 0 radical (unpaired) electrons. The Morgan fingerprint density at radius 1 is 0.972 bits per heavy atom. The zero-order chi connectivity index (χ0) is 25.0. The van der Waals surface area contributed by atoms with E-state index in [1.807, 2.05) is 0 Å². The predicted molar refractivity (Wildman–Crippen MR) is 130 cm³/mol. The number of alkyl halides is 3. The number of aliphatic carboxylic acids is 1. The second-order valence-corrected chi connectivity index (χ2v) is 7.87. The molecule has 0 fully saturated rings. The molecule has 0 spiro atoms. The summed E-state index contributed by atoms with van der Waals surface area (Å²) in [5.41, 5.74) is 1.13. The molecule has 4 aromatic rings. The largest absolute Gasteiger partial charge is 0.481 e. The standard InChI is InChI=1S/C26H21F3N2O4.ClH/c27-26(28,29)20-10-6-7-17(13-20)15-30-24(18-8-2-1-3-9-18)35-25(34)31-16-19(14-23(32)33)21-11-4-5-12-22(21)31;/h1-13,16,24,30H,14-15H2,(H,32,33);1H. The molecule has 0 aliphatic heterocycles. The van der Waals surface area contributed by atoms with Crippen LogP contribution in [-0.4, -0.2) is 21.7 Å². The van der Waals surface area contributed by atoms with Crippen molar-refractivity contribution in [2.24, 2.45) is 0 Å². The Kier molecular flexibility index (Phi) is 8.39. The number of hydrogen-bond donors (Lipinski definition) is 2. The van der Waals surface area contributed by atoms with E-state index in [4.69, 9.17) is 4.74 Å². The van der Waals surface area contributed by atoms with Crippen LogP contribution in [0.3, 0.4) is 0 Å². The fraction of sp³-hybridized carbons (Fsp3) is 0.154. The average molecular weight is 519 g/mol. The Morgan fingerprint density at radius 2 is 1.67 bits per heavy atom. The molecule has 0 amide bonds. The molecule has 1 heterocycles. The first-order chi connectivity index (χ1) is 16.7. The van der Waals surface area contributed by atoms with Crippen LogP contribution in [0, 0.1) is 0 Å². The van der Waals surface area contributed by atoms with Crippen molar-refractivity contribution < 1.29 is 32.6 Å². The van der Waals surface area contributed by atoms with E-state index in [-0.39, 0.29) is 25.4 Å². The van der Waals surface area contributed by atoms with Gasteiger partial charge in [-0.25, -0.2) is 4.79 Å². The maximum Gasteiger partial charge on any atom is 0.420 e. The molecule has 1 aromatic heterocycles. The third-order valence-electron chi connectivity index (χ3n) is 5.40. The van der Waals surface area contributed by atoms with E-state index in [1.54, 1.807) is 60.7 Å². The normalized spacial score (nSPS) is 12.1. The molecule has 1 atom stereocenters.